The molecule has 3 rings (SSSR count). The molecule has 0 bridgehead atoms. The minimum Gasteiger partial charge on any atom is -0.478 e. The SMILES string of the molecule is CCCC(C)(Oc1ccc(CNC(=O)c2cc(-c3ccc(Br)cc3)nn2C)cc1C)C(=O)O. The molecule has 0 spiro atoms. The molecule has 1 unspecified atom stereocenters. The summed E-state index contributed by atoms with van der Waals surface area (Å²) in [6.45, 7) is 5.69. The number of carbonyl (C=O) groups excluding carboxylic acids is 1. The van der Waals surface area contributed by atoms with Gasteiger partial charge in [-0.2, -0.15) is 5.10 Å². The van der Waals surface area contributed by atoms with E-state index in [4.69, 9.17) is 4.74 Å². The quantitative estimate of drug-likeness (QED) is 0.414. The summed E-state index contributed by atoms with van der Waals surface area (Å²) >= 11 is 3.42. The van der Waals surface area contributed by atoms with E-state index in [0.717, 1.165) is 26.9 Å². The van der Waals surface area contributed by atoms with E-state index in [9.17, 15) is 14.7 Å². The number of nitrogens with one attached hydrogen (secondary N) is 1. The van der Waals surface area contributed by atoms with E-state index in [1.54, 1.807) is 30.8 Å². The molecule has 33 heavy (non-hydrogen) atoms. The highest BCUT2D eigenvalue weighted by molar-refractivity contribution is 9.10. The maximum atomic E-state index is 12.8. The Hall–Kier alpha value is -3.13. The van der Waals surface area contributed by atoms with Gasteiger partial charge in [-0.15, -0.1) is 0 Å². The topological polar surface area (TPSA) is 93.5 Å². The minimum atomic E-state index is -1.28. The molecule has 1 amide bonds. The Kier molecular flexibility index (Phi) is 7.58. The van der Waals surface area contributed by atoms with Gasteiger partial charge in [0, 0.05) is 23.6 Å². The Morgan fingerprint density at radius 3 is 2.48 bits per heavy atom. The third-order valence-electron chi connectivity index (χ3n) is 5.46. The molecule has 0 radical (unpaired) electrons. The van der Waals surface area contributed by atoms with Crippen LogP contribution in [0.4, 0.5) is 0 Å². The van der Waals surface area contributed by atoms with Gasteiger partial charge >= 0.3 is 5.97 Å². The third kappa shape index (κ3) is 5.82. The molecule has 1 aromatic heterocycles. The summed E-state index contributed by atoms with van der Waals surface area (Å²) in [6.07, 6.45) is 1.11. The molecular formula is C25H28BrN3O4. The van der Waals surface area contributed by atoms with Crippen LogP contribution in [0.5, 0.6) is 5.75 Å². The molecule has 7 nitrogen and oxygen atoms in total. The van der Waals surface area contributed by atoms with Crippen LogP contribution in [0, 0.1) is 6.92 Å². The van der Waals surface area contributed by atoms with Crippen molar-refractivity contribution in [1.29, 1.82) is 0 Å². The zero-order valence-electron chi connectivity index (χ0n) is 19.2. The summed E-state index contributed by atoms with van der Waals surface area (Å²) in [4.78, 5) is 24.4. The first-order valence-corrected chi connectivity index (χ1v) is 11.5. The fourth-order valence-electron chi connectivity index (χ4n) is 3.57. The first kappa shape index (κ1) is 24.5. The zero-order valence-corrected chi connectivity index (χ0v) is 20.8. The molecule has 0 aliphatic heterocycles. The minimum absolute atomic E-state index is 0.229. The normalized spacial score (nSPS) is 12.8. The smallest absolute Gasteiger partial charge is 0.347 e. The second-order valence-electron chi connectivity index (χ2n) is 8.22. The predicted octanol–water partition coefficient (Wildman–Crippen LogP) is 5.11. The van der Waals surface area contributed by atoms with Crippen molar-refractivity contribution in [3.05, 3.63) is 69.8 Å². The number of carboxylic acids is 1. The maximum absolute atomic E-state index is 12.8. The highest BCUT2D eigenvalue weighted by atomic mass is 79.9. The fraction of sp³-hybridized carbons (Fsp3) is 0.320. The van der Waals surface area contributed by atoms with Gasteiger partial charge in [-0.25, -0.2) is 4.79 Å². The van der Waals surface area contributed by atoms with Crippen LogP contribution in [-0.4, -0.2) is 32.4 Å². The monoisotopic (exact) mass is 513 g/mol. The molecule has 1 atom stereocenters. The first-order chi connectivity index (χ1) is 15.6. The summed E-state index contributed by atoms with van der Waals surface area (Å²) in [6, 6.07) is 15.0. The molecule has 3 aromatic rings. The molecule has 2 N–H and O–H groups in total. The summed E-state index contributed by atoms with van der Waals surface area (Å²) < 4.78 is 8.39. The number of hydrogen-bond acceptors (Lipinski definition) is 4. The number of benzene rings is 2. The number of ether oxygens (including phenoxy) is 1. The van der Waals surface area contributed by atoms with Crippen LogP contribution in [0.25, 0.3) is 11.3 Å². The van der Waals surface area contributed by atoms with Gasteiger partial charge < -0.3 is 15.2 Å². The van der Waals surface area contributed by atoms with Crippen molar-refractivity contribution < 1.29 is 19.4 Å². The van der Waals surface area contributed by atoms with Crippen LogP contribution in [0.3, 0.4) is 0 Å². The van der Waals surface area contributed by atoms with Crippen molar-refractivity contribution in [3.63, 3.8) is 0 Å². The van der Waals surface area contributed by atoms with Gasteiger partial charge in [0.25, 0.3) is 5.91 Å². The van der Waals surface area contributed by atoms with E-state index < -0.39 is 11.6 Å². The number of halogens is 1. The Labute approximate surface area is 201 Å². The zero-order chi connectivity index (χ0) is 24.2. The lowest BCUT2D eigenvalue weighted by Gasteiger charge is -2.27. The van der Waals surface area contributed by atoms with E-state index in [-0.39, 0.29) is 5.91 Å². The molecule has 2 aromatic carbocycles. The first-order valence-electron chi connectivity index (χ1n) is 10.7. The molecule has 0 aliphatic carbocycles. The van der Waals surface area contributed by atoms with E-state index in [2.05, 4.69) is 26.3 Å². The predicted molar refractivity (Wildman–Crippen MR) is 130 cm³/mol. The van der Waals surface area contributed by atoms with E-state index in [1.807, 2.05) is 50.2 Å². The summed E-state index contributed by atoms with van der Waals surface area (Å²) in [5.41, 5.74) is 2.53. The fourth-order valence-corrected chi connectivity index (χ4v) is 3.84. The van der Waals surface area contributed by atoms with Crippen molar-refractivity contribution in [3.8, 4) is 17.0 Å². The van der Waals surface area contributed by atoms with Crippen molar-refractivity contribution >= 4 is 27.8 Å². The summed E-state index contributed by atoms with van der Waals surface area (Å²) in [7, 11) is 1.74. The number of aryl methyl sites for hydroxylation is 2. The number of nitrogens with zero attached hydrogens (tertiary/aromatic N) is 2. The highest BCUT2D eigenvalue weighted by Gasteiger charge is 2.35. The van der Waals surface area contributed by atoms with Gasteiger partial charge in [0.1, 0.15) is 11.4 Å². The van der Waals surface area contributed by atoms with Gasteiger partial charge in [0.2, 0.25) is 5.60 Å². The number of hydrogen-bond donors (Lipinski definition) is 2. The van der Waals surface area contributed by atoms with Crippen LogP contribution in [0.1, 0.15) is 48.3 Å². The van der Waals surface area contributed by atoms with E-state index in [0.29, 0.717) is 30.8 Å². The average molecular weight is 514 g/mol. The number of rotatable bonds is 9. The lowest BCUT2D eigenvalue weighted by atomic mass is 10.00. The molecule has 0 fully saturated rings. The van der Waals surface area contributed by atoms with Crippen molar-refractivity contribution in [2.45, 2.75) is 45.8 Å². The maximum Gasteiger partial charge on any atom is 0.347 e. The molecule has 8 heteroatoms. The van der Waals surface area contributed by atoms with E-state index in [1.165, 1.54) is 0 Å². The van der Waals surface area contributed by atoms with Gasteiger partial charge in [-0.05, 0) is 55.7 Å². The molecule has 1 heterocycles. The second kappa shape index (κ2) is 10.2. The highest BCUT2D eigenvalue weighted by Crippen LogP contribution is 2.27. The number of carbonyl (C=O) groups is 2. The largest absolute Gasteiger partial charge is 0.478 e. The molecular weight excluding hydrogens is 486 g/mol. The number of aromatic nitrogens is 2. The van der Waals surface area contributed by atoms with Crippen LogP contribution in [0.2, 0.25) is 0 Å². The Bertz CT molecular complexity index is 1160. The number of aliphatic carboxylic acids is 1. The molecule has 174 valence electrons. The number of carboxylic acid groups (broad SMARTS) is 1. The van der Waals surface area contributed by atoms with Gasteiger partial charge in [-0.3, -0.25) is 9.48 Å². The molecule has 0 saturated heterocycles. The van der Waals surface area contributed by atoms with Crippen LogP contribution in [-0.2, 0) is 18.4 Å². The lowest BCUT2D eigenvalue weighted by Crippen LogP contribution is -2.41. The van der Waals surface area contributed by atoms with Gasteiger partial charge in [-0.1, -0.05) is 53.5 Å². The van der Waals surface area contributed by atoms with E-state index >= 15 is 0 Å². The Morgan fingerprint density at radius 2 is 1.88 bits per heavy atom. The Morgan fingerprint density at radius 1 is 1.18 bits per heavy atom. The second-order valence-corrected chi connectivity index (χ2v) is 9.13. The van der Waals surface area contributed by atoms with Crippen molar-refractivity contribution in [1.82, 2.24) is 15.1 Å². The van der Waals surface area contributed by atoms with Crippen molar-refractivity contribution in [2.24, 2.45) is 7.05 Å². The number of amides is 1. The van der Waals surface area contributed by atoms with Crippen LogP contribution < -0.4 is 10.1 Å². The van der Waals surface area contributed by atoms with Gasteiger partial charge in [0.15, 0.2) is 0 Å². The van der Waals surface area contributed by atoms with Crippen LogP contribution >= 0.6 is 15.9 Å². The Balaban J connectivity index is 1.68. The van der Waals surface area contributed by atoms with Gasteiger partial charge in [0.05, 0.1) is 5.69 Å². The lowest BCUT2D eigenvalue weighted by molar-refractivity contribution is -0.154. The third-order valence-corrected chi connectivity index (χ3v) is 5.99. The molecule has 0 aliphatic rings. The average Bonchev–Trinajstić information content (AvgIpc) is 3.16. The standard InChI is InChI=1S/C25H28BrN3O4/c1-5-12-25(3,24(31)32)33-22-11-6-17(13-16(22)2)15-27-23(30)21-14-20(28-29(21)4)18-7-9-19(26)10-8-18/h6-11,13-14H,5,12,15H2,1-4H3,(H,27,30)(H,31,32). The van der Waals surface area contributed by atoms with Crippen molar-refractivity contribution in [2.75, 3.05) is 0 Å². The summed E-state index contributed by atoms with van der Waals surface area (Å²) in [5, 5.41) is 16.9. The molecule has 0 saturated carbocycles. The summed E-state index contributed by atoms with van der Waals surface area (Å²) in [5.74, 6) is -0.694. The van der Waals surface area contributed by atoms with Crippen LogP contribution in [0.15, 0.2) is 53.0 Å².